The molecule has 1 aromatic carbocycles. The number of benzene rings is 1. The second kappa shape index (κ2) is 5.66. The van der Waals surface area contributed by atoms with E-state index in [0.717, 1.165) is 5.69 Å². The molecule has 0 spiro atoms. The molecule has 0 aliphatic rings. The quantitative estimate of drug-likeness (QED) is 0.744. The normalized spacial score (nSPS) is 9.06. The maximum Gasteiger partial charge on any atom is 0.254 e. The zero-order chi connectivity index (χ0) is 12.0. The summed E-state index contributed by atoms with van der Waals surface area (Å²) in [6.45, 7) is 0.433. The van der Waals surface area contributed by atoms with Crippen molar-refractivity contribution in [3.8, 4) is 18.1 Å². The summed E-state index contributed by atoms with van der Waals surface area (Å²) in [5.74, 6) is 2.81. The molecule has 0 radical (unpaired) electrons. The summed E-state index contributed by atoms with van der Waals surface area (Å²) in [6, 6.07) is 5.21. The highest BCUT2D eigenvalue weighted by Crippen LogP contribution is 2.22. The van der Waals surface area contributed by atoms with E-state index in [0.29, 0.717) is 17.9 Å². The Morgan fingerprint density at radius 1 is 1.56 bits per heavy atom. The third kappa shape index (κ3) is 2.67. The lowest BCUT2D eigenvalue weighted by molar-refractivity contribution is 0.0960. The largest absolute Gasteiger partial charge is 0.496 e. The van der Waals surface area contributed by atoms with Gasteiger partial charge in [0.15, 0.2) is 0 Å². The highest BCUT2D eigenvalue weighted by molar-refractivity contribution is 5.97. The van der Waals surface area contributed by atoms with E-state index in [1.165, 1.54) is 7.11 Å². The zero-order valence-corrected chi connectivity index (χ0v) is 9.33. The molecular weight excluding hydrogens is 204 g/mol. The lowest BCUT2D eigenvalue weighted by Crippen LogP contribution is -2.18. The van der Waals surface area contributed by atoms with E-state index in [1.54, 1.807) is 25.2 Å². The average Bonchev–Trinajstić information content (AvgIpc) is 2.34. The van der Waals surface area contributed by atoms with Crippen LogP contribution in [0.2, 0.25) is 0 Å². The van der Waals surface area contributed by atoms with Crippen LogP contribution < -0.4 is 15.4 Å². The van der Waals surface area contributed by atoms with Crippen molar-refractivity contribution in [2.24, 2.45) is 0 Å². The number of ether oxygens (including phenoxy) is 1. The first-order chi connectivity index (χ1) is 7.72. The van der Waals surface area contributed by atoms with Gasteiger partial charge in [-0.05, 0) is 12.1 Å². The summed E-state index contributed by atoms with van der Waals surface area (Å²) >= 11 is 0. The van der Waals surface area contributed by atoms with E-state index in [-0.39, 0.29) is 5.91 Å². The minimum absolute atomic E-state index is 0.180. The molecule has 0 saturated carbocycles. The van der Waals surface area contributed by atoms with Gasteiger partial charge in [0.25, 0.3) is 5.91 Å². The van der Waals surface area contributed by atoms with Crippen LogP contribution in [0, 0.1) is 12.3 Å². The molecular formula is C12H14N2O2. The first kappa shape index (κ1) is 11.9. The summed E-state index contributed by atoms with van der Waals surface area (Å²) in [5, 5.41) is 5.55. The molecule has 0 fully saturated rings. The van der Waals surface area contributed by atoms with Crippen molar-refractivity contribution in [2.75, 3.05) is 26.0 Å². The lowest BCUT2D eigenvalue weighted by Gasteiger charge is -2.10. The molecule has 0 aliphatic carbocycles. The molecule has 0 bridgehead atoms. The Hall–Kier alpha value is -2.15. The highest BCUT2D eigenvalue weighted by Gasteiger charge is 2.10. The number of carbonyl (C=O) groups is 1. The van der Waals surface area contributed by atoms with Crippen molar-refractivity contribution >= 4 is 11.6 Å². The van der Waals surface area contributed by atoms with E-state index < -0.39 is 0 Å². The van der Waals surface area contributed by atoms with Crippen molar-refractivity contribution in [2.45, 2.75) is 0 Å². The zero-order valence-electron chi connectivity index (χ0n) is 9.33. The topological polar surface area (TPSA) is 50.4 Å². The van der Waals surface area contributed by atoms with Crippen LogP contribution in [0.1, 0.15) is 10.4 Å². The molecule has 0 saturated heterocycles. The minimum Gasteiger partial charge on any atom is -0.496 e. The van der Waals surface area contributed by atoms with Crippen molar-refractivity contribution < 1.29 is 9.53 Å². The number of terminal acetylenes is 1. The van der Waals surface area contributed by atoms with E-state index in [2.05, 4.69) is 16.6 Å². The molecule has 0 aromatic heterocycles. The number of nitrogens with one attached hydrogen (secondary N) is 2. The second-order valence-electron chi connectivity index (χ2n) is 3.05. The predicted molar refractivity (Wildman–Crippen MR) is 63.7 cm³/mol. The van der Waals surface area contributed by atoms with Crippen molar-refractivity contribution in [3.63, 3.8) is 0 Å². The van der Waals surface area contributed by atoms with Crippen LogP contribution in [0.5, 0.6) is 5.75 Å². The average molecular weight is 218 g/mol. The fourth-order valence-corrected chi connectivity index (χ4v) is 1.28. The van der Waals surface area contributed by atoms with Gasteiger partial charge in [-0.15, -0.1) is 6.42 Å². The molecule has 4 nitrogen and oxygen atoms in total. The number of methoxy groups -OCH3 is 1. The standard InChI is InChI=1S/C12H14N2O2/c1-4-7-14-9-5-6-10(12(15)13-2)11(8-9)16-3/h1,5-6,8,14H,7H2,2-3H3,(H,13,15). The number of hydrogen-bond acceptors (Lipinski definition) is 3. The summed E-state index contributed by atoms with van der Waals surface area (Å²) in [4.78, 5) is 11.5. The molecule has 16 heavy (non-hydrogen) atoms. The molecule has 0 unspecified atom stereocenters. The summed E-state index contributed by atoms with van der Waals surface area (Å²) < 4.78 is 5.14. The second-order valence-corrected chi connectivity index (χ2v) is 3.05. The Kier molecular flexibility index (Phi) is 4.22. The van der Waals surface area contributed by atoms with Gasteiger partial charge >= 0.3 is 0 Å². The Morgan fingerprint density at radius 3 is 2.88 bits per heavy atom. The molecule has 0 atom stereocenters. The van der Waals surface area contributed by atoms with Gasteiger partial charge in [0.1, 0.15) is 5.75 Å². The smallest absolute Gasteiger partial charge is 0.254 e. The van der Waals surface area contributed by atoms with Gasteiger partial charge in [-0.3, -0.25) is 4.79 Å². The lowest BCUT2D eigenvalue weighted by atomic mass is 10.1. The molecule has 4 heteroatoms. The van der Waals surface area contributed by atoms with Gasteiger partial charge in [0.2, 0.25) is 0 Å². The highest BCUT2D eigenvalue weighted by atomic mass is 16.5. The van der Waals surface area contributed by atoms with Crippen LogP contribution >= 0.6 is 0 Å². The summed E-state index contributed by atoms with van der Waals surface area (Å²) in [6.07, 6.45) is 5.14. The van der Waals surface area contributed by atoms with Crippen LogP contribution in [0.3, 0.4) is 0 Å². The van der Waals surface area contributed by atoms with E-state index in [9.17, 15) is 4.79 Å². The number of carbonyl (C=O) groups excluding carboxylic acids is 1. The van der Waals surface area contributed by atoms with E-state index >= 15 is 0 Å². The Balaban J connectivity index is 2.98. The van der Waals surface area contributed by atoms with E-state index in [4.69, 9.17) is 11.2 Å². The van der Waals surface area contributed by atoms with Gasteiger partial charge < -0.3 is 15.4 Å². The van der Waals surface area contributed by atoms with Crippen LogP contribution in [0.25, 0.3) is 0 Å². The third-order valence-electron chi connectivity index (χ3n) is 2.07. The maximum absolute atomic E-state index is 11.5. The minimum atomic E-state index is -0.180. The molecule has 0 heterocycles. The number of rotatable bonds is 4. The van der Waals surface area contributed by atoms with Gasteiger partial charge in [0.05, 0.1) is 19.2 Å². The van der Waals surface area contributed by atoms with Crippen molar-refractivity contribution in [1.29, 1.82) is 0 Å². The molecule has 1 aromatic rings. The molecule has 1 rings (SSSR count). The van der Waals surface area contributed by atoms with Crippen molar-refractivity contribution in [3.05, 3.63) is 23.8 Å². The Bertz CT molecular complexity index is 422. The number of hydrogen-bond donors (Lipinski definition) is 2. The third-order valence-corrected chi connectivity index (χ3v) is 2.07. The first-order valence-corrected chi connectivity index (χ1v) is 4.80. The van der Waals surface area contributed by atoms with Gasteiger partial charge in [-0.1, -0.05) is 5.92 Å². The molecule has 84 valence electrons. The van der Waals surface area contributed by atoms with Crippen LogP contribution in [-0.2, 0) is 0 Å². The number of anilines is 1. The van der Waals surface area contributed by atoms with Crippen LogP contribution in [0.4, 0.5) is 5.69 Å². The fourth-order valence-electron chi connectivity index (χ4n) is 1.28. The van der Waals surface area contributed by atoms with Crippen molar-refractivity contribution in [1.82, 2.24) is 5.32 Å². The molecule has 2 N–H and O–H groups in total. The summed E-state index contributed by atoms with van der Waals surface area (Å²) in [7, 11) is 3.10. The fraction of sp³-hybridized carbons (Fsp3) is 0.250. The first-order valence-electron chi connectivity index (χ1n) is 4.80. The Morgan fingerprint density at radius 2 is 2.31 bits per heavy atom. The molecule has 1 amide bonds. The van der Waals surface area contributed by atoms with E-state index in [1.807, 2.05) is 0 Å². The number of amides is 1. The molecule has 0 aliphatic heterocycles. The SMILES string of the molecule is C#CCNc1ccc(C(=O)NC)c(OC)c1. The van der Waals surface area contributed by atoms with Crippen LogP contribution in [0.15, 0.2) is 18.2 Å². The van der Waals surface area contributed by atoms with Gasteiger partial charge in [-0.25, -0.2) is 0 Å². The predicted octanol–water partition coefficient (Wildman–Crippen LogP) is 1.10. The Labute approximate surface area is 95.0 Å². The summed E-state index contributed by atoms with van der Waals surface area (Å²) in [5.41, 5.74) is 1.32. The maximum atomic E-state index is 11.5. The van der Waals surface area contributed by atoms with Gasteiger partial charge in [-0.2, -0.15) is 0 Å². The van der Waals surface area contributed by atoms with Gasteiger partial charge in [0, 0.05) is 18.8 Å². The van der Waals surface area contributed by atoms with Crippen LogP contribution in [-0.4, -0.2) is 26.6 Å². The monoisotopic (exact) mass is 218 g/mol.